The molecule has 1 unspecified atom stereocenters. The van der Waals surface area contributed by atoms with Crippen LogP contribution in [0.3, 0.4) is 0 Å². The molecule has 1 heterocycles. The Morgan fingerprint density at radius 3 is 2.85 bits per heavy atom. The Kier molecular flexibility index (Phi) is 5.64. The third kappa shape index (κ3) is 4.37. The summed E-state index contributed by atoms with van der Waals surface area (Å²) in [6.07, 6.45) is -0.592. The number of benzene rings is 1. The van der Waals surface area contributed by atoms with E-state index in [1.807, 2.05) is 35.7 Å². The van der Waals surface area contributed by atoms with Crippen LogP contribution in [0.25, 0.3) is 0 Å². The highest BCUT2D eigenvalue weighted by molar-refractivity contribution is 7.99. The van der Waals surface area contributed by atoms with E-state index < -0.39 is 6.10 Å². The Morgan fingerprint density at radius 2 is 2.15 bits per heavy atom. The van der Waals surface area contributed by atoms with E-state index in [2.05, 4.69) is 11.4 Å². The molecular formula is C15H17NO2S2. The van der Waals surface area contributed by atoms with Crippen LogP contribution in [-0.2, 0) is 10.5 Å². The number of anilines is 1. The van der Waals surface area contributed by atoms with E-state index in [1.54, 1.807) is 30.0 Å². The first-order chi connectivity index (χ1) is 9.66. The lowest BCUT2D eigenvalue weighted by Crippen LogP contribution is -2.15. The summed E-state index contributed by atoms with van der Waals surface area (Å²) in [5, 5.41) is 14.6. The van der Waals surface area contributed by atoms with E-state index in [9.17, 15) is 9.90 Å². The van der Waals surface area contributed by atoms with Crippen LogP contribution in [0.15, 0.2) is 41.8 Å². The van der Waals surface area contributed by atoms with Crippen molar-refractivity contribution in [3.63, 3.8) is 0 Å². The van der Waals surface area contributed by atoms with Crippen molar-refractivity contribution in [2.45, 2.75) is 18.8 Å². The Balaban J connectivity index is 1.85. The fourth-order valence-electron chi connectivity index (χ4n) is 1.80. The van der Waals surface area contributed by atoms with Gasteiger partial charge in [-0.25, -0.2) is 0 Å². The number of aliphatic hydroxyl groups excluding tert-OH is 1. The SMILES string of the molecule is CC(O)c1ccccc1NC(=O)CSCc1cccs1. The number of nitrogens with one attached hydrogen (secondary N) is 1. The molecular weight excluding hydrogens is 290 g/mol. The second-order valence-electron chi connectivity index (χ2n) is 4.38. The third-order valence-corrected chi connectivity index (χ3v) is 4.78. The summed E-state index contributed by atoms with van der Waals surface area (Å²) in [4.78, 5) is 13.2. The molecule has 2 rings (SSSR count). The van der Waals surface area contributed by atoms with Gasteiger partial charge in [0, 0.05) is 21.9 Å². The molecule has 106 valence electrons. The maximum atomic E-state index is 11.9. The number of hydrogen-bond acceptors (Lipinski definition) is 4. The summed E-state index contributed by atoms with van der Waals surface area (Å²) < 4.78 is 0. The summed E-state index contributed by atoms with van der Waals surface area (Å²) in [7, 11) is 0. The van der Waals surface area contributed by atoms with Gasteiger partial charge in [0.1, 0.15) is 0 Å². The van der Waals surface area contributed by atoms with E-state index in [4.69, 9.17) is 0 Å². The quantitative estimate of drug-likeness (QED) is 0.856. The lowest BCUT2D eigenvalue weighted by molar-refractivity contribution is -0.113. The minimum absolute atomic E-state index is 0.0420. The van der Waals surface area contributed by atoms with Gasteiger partial charge in [-0.1, -0.05) is 24.3 Å². The van der Waals surface area contributed by atoms with Crippen molar-refractivity contribution in [1.82, 2.24) is 0 Å². The average Bonchev–Trinajstić information content (AvgIpc) is 2.92. The maximum Gasteiger partial charge on any atom is 0.234 e. The van der Waals surface area contributed by atoms with Gasteiger partial charge in [-0.2, -0.15) is 0 Å². The molecule has 0 saturated heterocycles. The summed E-state index contributed by atoms with van der Waals surface area (Å²) in [6, 6.07) is 11.4. The van der Waals surface area contributed by atoms with Crippen molar-refractivity contribution in [2.24, 2.45) is 0 Å². The van der Waals surface area contributed by atoms with Gasteiger partial charge in [-0.3, -0.25) is 4.79 Å². The largest absolute Gasteiger partial charge is 0.389 e. The Morgan fingerprint density at radius 1 is 1.35 bits per heavy atom. The van der Waals surface area contributed by atoms with Crippen molar-refractivity contribution < 1.29 is 9.90 Å². The fraction of sp³-hybridized carbons (Fsp3) is 0.267. The molecule has 2 aromatic rings. The lowest BCUT2D eigenvalue weighted by Gasteiger charge is -2.12. The highest BCUT2D eigenvalue weighted by Gasteiger charge is 2.10. The predicted molar refractivity (Wildman–Crippen MR) is 86.2 cm³/mol. The zero-order valence-electron chi connectivity index (χ0n) is 11.2. The smallest absolute Gasteiger partial charge is 0.234 e. The molecule has 1 atom stereocenters. The van der Waals surface area contributed by atoms with Crippen molar-refractivity contribution in [1.29, 1.82) is 0 Å². The minimum Gasteiger partial charge on any atom is -0.389 e. The Hall–Kier alpha value is -1.30. The lowest BCUT2D eigenvalue weighted by atomic mass is 10.1. The van der Waals surface area contributed by atoms with Gasteiger partial charge in [0.05, 0.1) is 11.9 Å². The van der Waals surface area contributed by atoms with E-state index in [0.717, 1.165) is 11.3 Å². The molecule has 1 amide bonds. The summed E-state index contributed by atoms with van der Waals surface area (Å²) in [5.74, 6) is 1.22. The number of aliphatic hydroxyl groups is 1. The molecule has 20 heavy (non-hydrogen) atoms. The van der Waals surface area contributed by atoms with Gasteiger partial charge in [0.15, 0.2) is 0 Å². The van der Waals surface area contributed by atoms with Crippen LogP contribution in [0.4, 0.5) is 5.69 Å². The highest BCUT2D eigenvalue weighted by Crippen LogP contribution is 2.23. The normalized spacial score (nSPS) is 12.1. The van der Waals surface area contributed by atoms with Crippen LogP contribution in [0.1, 0.15) is 23.5 Å². The molecule has 2 N–H and O–H groups in total. The Bertz CT molecular complexity index is 553. The first-order valence-corrected chi connectivity index (χ1v) is 8.37. The topological polar surface area (TPSA) is 49.3 Å². The van der Waals surface area contributed by atoms with Crippen molar-refractivity contribution in [2.75, 3.05) is 11.1 Å². The van der Waals surface area contributed by atoms with Gasteiger partial charge >= 0.3 is 0 Å². The molecule has 0 bridgehead atoms. The minimum atomic E-state index is -0.592. The zero-order chi connectivity index (χ0) is 14.4. The molecule has 1 aromatic carbocycles. The van der Waals surface area contributed by atoms with Crippen LogP contribution in [0.5, 0.6) is 0 Å². The maximum absolute atomic E-state index is 11.9. The second kappa shape index (κ2) is 7.47. The van der Waals surface area contributed by atoms with Crippen molar-refractivity contribution >= 4 is 34.7 Å². The third-order valence-electron chi connectivity index (χ3n) is 2.74. The van der Waals surface area contributed by atoms with Crippen molar-refractivity contribution in [3.05, 3.63) is 52.2 Å². The molecule has 0 saturated carbocycles. The van der Waals surface area contributed by atoms with Gasteiger partial charge in [0.25, 0.3) is 0 Å². The molecule has 3 nitrogen and oxygen atoms in total. The van der Waals surface area contributed by atoms with E-state index >= 15 is 0 Å². The summed E-state index contributed by atoms with van der Waals surface area (Å²) >= 11 is 3.29. The Labute approximate surface area is 127 Å². The highest BCUT2D eigenvalue weighted by atomic mass is 32.2. The first-order valence-electron chi connectivity index (χ1n) is 6.34. The van der Waals surface area contributed by atoms with E-state index in [0.29, 0.717) is 11.4 Å². The van der Waals surface area contributed by atoms with Gasteiger partial charge in [0.2, 0.25) is 5.91 Å². The number of carbonyl (C=O) groups excluding carboxylic acids is 1. The zero-order valence-corrected chi connectivity index (χ0v) is 12.8. The molecule has 0 radical (unpaired) electrons. The van der Waals surface area contributed by atoms with Gasteiger partial charge in [-0.05, 0) is 24.4 Å². The average molecular weight is 307 g/mol. The summed E-state index contributed by atoms with van der Waals surface area (Å²) in [6.45, 7) is 1.69. The van der Waals surface area contributed by atoms with Crippen LogP contribution in [0.2, 0.25) is 0 Å². The number of thiophene rings is 1. The molecule has 0 aliphatic rings. The first kappa shape index (κ1) is 15.1. The van der Waals surface area contributed by atoms with Gasteiger partial charge in [-0.15, -0.1) is 23.1 Å². The predicted octanol–water partition coefficient (Wildman–Crippen LogP) is 3.67. The molecule has 1 aromatic heterocycles. The van der Waals surface area contributed by atoms with Crippen LogP contribution >= 0.6 is 23.1 Å². The van der Waals surface area contributed by atoms with Crippen LogP contribution in [0, 0.1) is 0 Å². The number of thioether (sulfide) groups is 1. The van der Waals surface area contributed by atoms with E-state index in [1.165, 1.54) is 4.88 Å². The second-order valence-corrected chi connectivity index (χ2v) is 6.40. The van der Waals surface area contributed by atoms with E-state index in [-0.39, 0.29) is 5.91 Å². The molecule has 0 fully saturated rings. The standard InChI is InChI=1S/C15H17NO2S2/c1-11(17)13-6-2-3-7-14(13)16-15(18)10-19-9-12-5-4-8-20-12/h2-8,11,17H,9-10H2,1H3,(H,16,18). The monoisotopic (exact) mass is 307 g/mol. The number of amides is 1. The number of carbonyl (C=O) groups is 1. The molecule has 0 spiro atoms. The number of rotatable bonds is 6. The number of para-hydroxylation sites is 1. The summed E-state index contributed by atoms with van der Waals surface area (Å²) in [5.41, 5.74) is 1.42. The number of hydrogen-bond donors (Lipinski definition) is 2. The molecule has 5 heteroatoms. The van der Waals surface area contributed by atoms with Crippen molar-refractivity contribution in [3.8, 4) is 0 Å². The van der Waals surface area contributed by atoms with Gasteiger partial charge < -0.3 is 10.4 Å². The molecule has 0 aliphatic heterocycles. The fourth-order valence-corrected chi connectivity index (χ4v) is 3.47. The molecule has 0 aliphatic carbocycles. The van der Waals surface area contributed by atoms with Crippen LogP contribution in [-0.4, -0.2) is 16.8 Å². The van der Waals surface area contributed by atoms with Crippen LogP contribution < -0.4 is 5.32 Å².